The van der Waals surface area contributed by atoms with Crippen LogP contribution in [0.2, 0.25) is 0 Å². The van der Waals surface area contributed by atoms with Crippen molar-refractivity contribution in [2.75, 3.05) is 18.0 Å². The molecule has 0 aromatic carbocycles. The second kappa shape index (κ2) is 5.31. The first kappa shape index (κ1) is 13.4. The summed E-state index contributed by atoms with van der Waals surface area (Å²) in [6.07, 6.45) is 7.26. The fourth-order valence-electron chi connectivity index (χ4n) is 3.35. The summed E-state index contributed by atoms with van der Waals surface area (Å²) >= 11 is 0. The third-order valence-electron chi connectivity index (χ3n) is 4.01. The number of rotatable bonds is 6. The molecule has 0 aliphatic carbocycles. The van der Waals surface area contributed by atoms with Gasteiger partial charge in [-0.1, -0.05) is 26.7 Å². The Hall–Kier alpha value is -1.03. The van der Waals surface area contributed by atoms with Crippen LogP contribution in [0.25, 0.3) is 0 Å². The Bertz CT molecular complexity index is 382. The van der Waals surface area contributed by atoms with E-state index in [9.17, 15) is 0 Å². The Morgan fingerprint density at radius 2 is 1.89 bits per heavy atom. The highest BCUT2D eigenvalue weighted by Gasteiger charge is 2.42. The van der Waals surface area contributed by atoms with E-state index >= 15 is 0 Å². The van der Waals surface area contributed by atoms with Gasteiger partial charge >= 0.3 is 0 Å². The van der Waals surface area contributed by atoms with Crippen LogP contribution in [-0.2, 0) is 13.6 Å². The largest absolute Gasteiger partial charge is 0.354 e. The van der Waals surface area contributed by atoms with E-state index in [1.54, 1.807) is 0 Å². The lowest BCUT2D eigenvalue weighted by Crippen LogP contribution is -2.56. The molecule has 0 atom stereocenters. The van der Waals surface area contributed by atoms with Crippen LogP contribution in [0.3, 0.4) is 0 Å². The lowest BCUT2D eigenvalue weighted by Gasteiger charge is -2.51. The van der Waals surface area contributed by atoms with Crippen molar-refractivity contribution in [1.82, 2.24) is 9.78 Å². The van der Waals surface area contributed by atoms with Crippen LogP contribution in [0.4, 0.5) is 5.82 Å². The fourth-order valence-corrected chi connectivity index (χ4v) is 3.35. The average Bonchev–Trinajstić information content (AvgIpc) is 2.66. The Morgan fingerprint density at radius 1 is 1.28 bits per heavy atom. The highest BCUT2D eigenvalue weighted by Crippen LogP contribution is 2.42. The van der Waals surface area contributed by atoms with Crippen molar-refractivity contribution in [2.24, 2.45) is 18.2 Å². The van der Waals surface area contributed by atoms with Gasteiger partial charge in [0.2, 0.25) is 0 Å². The summed E-state index contributed by atoms with van der Waals surface area (Å²) in [6, 6.07) is 0. The molecule has 18 heavy (non-hydrogen) atoms. The third kappa shape index (κ3) is 2.39. The zero-order valence-electron chi connectivity index (χ0n) is 11.9. The molecule has 0 saturated carbocycles. The summed E-state index contributed by atoms with van der Waals surface area (Å²) in [5.74, 6) is 1.10. The SMILES string of the molecule is CCCC1(CCC)CN(c2nn(C)cc2CN)C1. The highest BCUT2D eigenvalue weighted by molar-refractivity contribution is 5.49. The van der Waals surface area contributed by atoms with Gasteiger partial charge in [-0.05, 0) is 12.8 Å². The summed E-state index contributed by atoms with van der Waals surface area (Å²) in [7, 11) is 1.97. The summed E-state index contributed by atoms with van der Waals surface area (Å²) in [4.78, 5) is 2.40. The molecule has 1 saturated heterocycles. The number of aromatic nitrogens is 2. The van der Waals surface area contributed by atoms with Gasteiger partial charge in [0, 0.05) is 43.9 Å². The van der Waals surface area contributed by atoms with Crippen molar-refractivity contribution in [2.45, 2.75) is 46.1 Å². The molecule has 2 rings (SSSR count). The van der Waals surface area contributed by atoms with Crippen LogP contribution in [0.15, 0.2) is 6.20 Å². The molecule has 102 valence electrons. The maximum absolute atomic E-state index is 5.79. The predicted octanol–water partition coefficient (Wildman–Crippen LogP) is 2.29. The molecule has 4 heteroatoms. The van der Waals surface area contributed by atoms with Crippen LogP contribution < -0.4 is 10.6 Å². The van der Waals surface area contributed by atoms with Gasteiger partial charge in [-0.3, -0.25) is 4.68 Å². The molecule has 0 amide bonds. The maximum atomic E-state index is 5.79. The molecule has 1 fully saturated rings. The third-order valence-corrected chi connectivity index (χ3v) is 4.01. The zero-order chi connectivity index (χ0) is 13.2. The number of hydrogen-bond acceptors (Lipinski definition) is 3. The van der Waals surface area contributed by atoms with Crippen LogP contribution in [0, 0.1) is 5.41 Å². The summed E-state index contributed by atoms with van der Waals surface area (Å²) < 4.78 is 1.87. The minimum Gasteiger partial charge on any atom is -0.354 e. The smallest absolute Gasteiger partial charge is 0.155 e. The van der Waals surface area contributed by atoms with Gasteiger partial charge in [-0.15, -0.1) is 0 Å². The number of anilines is 1. The quantitative estimate of drug-likeness (QED) is 0.842. The number of nitrogens with zero attached hydrogens (tertiary/aromatic N) is 3. The van der Waals surface area contributed by atoms with Gasteiger partial charge in [-0.25, -0.2) is 0 Å². The number of nitrogens with two attached hydrogens (primary N) is 1. The second-order valence-electron chi connectivity index (χ2n) is 5.71. The summed E-state index contributed by atoms with van der Waals surface area (Å²) in [5, 5.41) is 4.55. The first-order chi connectivity index (χ1) is 8.64. The van der Waals surface area contributed by atoms with Gasteiger partial charge < -0.3 is 10.6 Å². The van der Waals surface area contributed by atoms with Crippen molar-refractivity contribution in [1.29, 1.82) is 0 Å². The molecule has 1 aromatic heterocycles. The molecule has 0 radical (unpaired) electrons. The topological polar surface area (TPSA) is 47.1 Å². The Labute approximate surface area is 110 Å². The van der Waals surface area contributed by atoms with Crippen LogP contribution >= 0.6 is 0 Å². The Balaban J connectivity index is 2.06. The van der Waals surface area contributed by atoms with E-state index in [0.29, 0.717) is 12.0 Å². The van der Waals surface area contributed by atoms with Gasteiger partial charge in [0.25, 0.3) is 0 Å². The van der Waals surface area contributed by atoms with E-state index < -0.39 is 0 Å². The second-order valence-corrected chi connectivity index (χ2v) is 5.71. The molecule has 0 bridgehead atoms. The fraction of sp³-hybridized carbons (Fsp3) is 0.786. The van der Waals surface area contributed by atoms with Gasteiger partial charge in [0.1, 0.15) is 0 Å². The predicted molar refractivity (Wildman–Crippen MR) is 75.6 cm³/mol. The Morgan fingerprint density at radius 3 is 2.39 bits per heavy atom. The highest BCUT2D eigenvalue weighted by atomic mass is 15.4. The first-order valence-electron chi connectivity index (χ1n) is 7.11. The van der Waals surface area contributed by atoms with E-state index in [1.807, 2.05) is 17.9 Å². The van der Waals surface area contributed by atoms with Crippen LogP contribution in [-0.4, -0.2) is 22.9 Å². The van der Waals surface area contributed by atoms with Crippen molar-refractivity contribution < 1.29 is 0 Å². The molecule has 1 aromatic rings. The van der Waals surface area contributed by atoms with E-state index in [2.05, 4.69) is 23.8 Å². The van der Waals surface area contributed by atoms with Gasteiger partial charge in [0.15, 0.2) is 5.82 Å². The molecule has 2 N–H and O–H groups in total. The molecule has 2 heterocycles. The standard InChI is InChI=1S/C14H26N4/c1-4-6-14(7-5-2)10-18(11-14)13-12(8-15)9-17(3)16-13/h9H,4-8,10-11,15H2,1-3H3. The first-order valence-corrected chi connectivity index (χ1v) is 7.11. The zero-order valence-corrected chi connectivity index (χ0v) is 11.9. The van der Waals surface area contributed by atoms with E-state index in [0.717, 1.165) is 18.9 Å². The van der Waals surface area contributed by atoms with Crippen molar-refractivity contribution in [3.8, 4) is 0 Å². The summed E-state index contributed by atoms with van der Waals surface area (Å²) in [6.45, 7) is 7.45. The summed E-state index contributed by atoms with van der Waals surface area (Å²) in [5.41, 5.74) is 7.49. The van der Waals surface area contributed by atoms with E-state index in [1.165, 1.54) is 31.2 Å². The number of hydrogen-bond donors (Lipinski definition) is 1. The van der Waals surface area contributed by atoms with E-state index in [-0.39, 0.29) is 0 Å². The van der Waals surface area contributed by atoms with Crippen molar-refractivity contribution in [3.05, 3.63) is 11.8 Å². The maximum Gasteiger partial charge on any atom is 0.155 e. The monoisotopic (exact) mass is 250 g/mol. The number of aryl methyl sites for hydroxylation is 1. The normalized spacial score (nSPS) is 17.9. The molecule has 0 spiro atoms. The van der Waals surface area contributed by atoms with Crippen molar-refractivity contribution >= 4 is 5.82 Å². The van der Waals surface area contributed by atoms with Gasteiger partial charge in [0.05, 0.1) is 0 Å². The molecular weight excluding hydrogens is 224 g/mol. The minimum atomic E-state index is 0.535. The average molecular weight is 250 g/mol. The molecule has 1 aliphatic rings. The lowest BCUT2D eigenvalue weighted by atomic mass is 9.72. The lowest BCUT2D eigenvalue weighted by molar-refractivity contribution is 0.171. The minimum absolute atomic E-state index is 0.535. The van der Waals surface area contributed by atoms with Gasteiger partial charge in [-0.2, -0.15) is 5.10 Å². The molecule has 1 aliphatic heterocycles. The van der Waals surface area contributed by atoms with Crippen LogP contribution in [0.1, 0.15) is 45.1 Å². The van der Waals surface area contributed by atoms with E-state index in [4.69, 9.17) is 5.73 Å². The molecular formula is C14H26N4. The van der Waals surface area contributed by atoms with Crippen molar-refractivity contribution in [3.63, 3.8) is 0 Å². The molecule has 0 unspecified atom stereocenters. The Kier molecular flexibility index (Phi) is 3.95. The van der Waals surface area contributed by atoms with Crippen LogP contribution in [0.5, 0.6) is 0 Å². The molecule has 4 nitrogen and oxygen atoms in total.